The second-order valence-corrected chi connectivity index (χ2v) is 5.16. The number of nitrogens with two attached hydrogens (primary N) is 1. The van der Waals surface area contributed by atoms with Crippen LogP contribution in [-0.4, -0.2) is 23.1 Å². The fourth-order valence-electron chi connectivity index (χ4n) is 2.17. The van der Waals surface area contributed by atoms with E-state index in [-0.39, 0.29) is 0 Å². The van der Waals surface area contributed by atoms with Gasteiger partial charge in [-0.05, 0) is 18.3 Å². The van der Waals surface area contributed by atoms with Crippen molar-refractivity contribution in [3.05, 3.63) is 11.2 Å². The summed E-state index contributed by atoms with van der Waals surface area (Å²) < 4.78 is 0. The highest BCUT2D eigenvalue weighted by Gasteiger charge is 2.27. The summed E-state index contributed by atoms with van der Waals surface area (Å²) in [7, 11) is 0. The molecule has 1 aliphatic rings. The highest BCUT2D eigenvalue weighted by molar-refractivity contribution is 6.32. The molecule has 1 aliphatic heterocycles. The average molecular weight is 256 g/mol. The van der Waals surface area contributed by atoms with Gasteiger partial charge in [0.25, 0.3) is 0 Å². The fourth-order valence-corrected chi connectivity index (χ4v) is 2.38. The summed E-state index contributed by atoms with van der Waals surface area (Å²) in [5.74, 6) is 7.87. The van der Waals surface area contributed by atoms with Crippen LogP contribution in [0.3, 0.4) is 0 Å². The van der Waals surface area contributed by atoms with Gasteiger partial charge in [0.1, 0.15) is 5.02 Å². The van der Waals surface area contributed by atoms with Gasteiger partial charge in [-0.25, -0.2) is 10.8 Å². The van der Waals surface area contributed by atoms with Crippen LogP contribution in [0, 0.1) is 11.8 Å². The Labute approximate surface area is 106 Å². The van der Waals surface area contributed by atoms with Gasteiger partial charge in [-0.2, -0.15) is 4.98 Å². The third-order valence-corrected chi connectivity index (χ3v) is 3.59. The molecular formula is C11H18ClN5. The van der Waals surface area contributed by atoms with E-state index in [9.17, 15) is 0 Å². The van der Waals surface area contributed by atoms with E-state index in [0.717, 1.165) is 18.9 Å². The van der Waals surface area contributed by atoms with Crippen LogP contribution in [0.25, 0.3) is 0 Å². The number of nitrogens with one attached hydrogen (secondary N) is 1. The number of hydrogen-bond acceptors (Lipinski definition) is 5. The van der Waals surface area contributed by atoms with E-state index in [1.54, 1.807) is 6.20 Å². The average Bonchev–Trinajstić information content (AvgIpc) is 2.79. The molecule has 2 rings (SSSR count). The quantitative estimate of drug-likeness (QED) is 0.638. The third kappa shape index (κ3) is 2.61. The summed E-state index contributed by atoms with van der Waals surface area (Å²) in [5.41, 5.74) is 2.44. The van der Waals surface area contributed by atoms with E-state index >= 15 is 0 Å². The minimum Gasteiger partial charge on any atom is -0.355 e. The first-order valence-electron chi connectivity index (χ1n) is 5.86. The van der Waals surface area contributed by atoms with Crippen LogP contribution in [0.4, 0.5) is 11.8 Å². The Morgan fingerprint density at radius 3 is 2.94 bits per heavy atom. The maximum absolute atomic E-state index is 6.13. The van der Waals surface area contributed by atoms with Crippen molar-refractivity contribution in [3.8, 4) is 0 Å². The van der Waals surface area contributed by atoms with Crippen LogP contribution in [0.5, 0.6) is 0 Å². The second kappa shape index (κ2) is 5.06. The number of nitrogens with zero attached hydrogens (tertiary/aromatic N) is 3. The first-order valence-corrected chi connectivity index (χ1v) is 6.23. The molecule has 1 aromatic heterocycles. The molecule has 0 radical (unpaired) electrons. The van der Waals surface area contributed by atoms with E-state index in [1.165, 1.54) is 6.42 Å². The minimum atomic E-state index is 0.400. The van der Waals surface area contributed by atoms with Crippen LogP contribution in [0.1, 0.15) is 20.3 Å². The molecule has 5 nitrogen and oxygen atoms in total. The summed E-state index contributed by atoms with van der Waals surface area (Å²) in [6.45, 7) is 6.49. The topological polar surface area (TPSA) is 67.1 Å². The molecule has 6 heteroatoms. The smallest absolute Gasteiger partial charge is 0.239 e. The molecule has 0 aliphatic carbocycles. The number of hydrazine groups is 1. The minimum absolute atomic E-state index is 0.400. The van der Waals surface area contributed by atoms with E-state index in [0.29, 0.717) is 22.8 Å². The molecule has 3 N–H and O–H groups in total. The summed E-state index contributed by atoms with van der Waals surface area (Å²) in [6.07, 6.45) is 2.77. The van der Waals surface area contributed by atoms with Crippen molar-refractivity contribution < 1.29 is 0 Å². The van der Waals surface area contributed by atoms with Crippen LogP contribution in [-0.2, 0) is 0 Å². The second-order valence-electron chi connectivity index (χ2n) is 4.75. The molecule has 0 spiro atoms. The zero-order valence-electron chi connectivity index (χ0n) is 10.2. The van der Waals surface area contributed by atoms with Gasteiger partial charge < -0.3 is 4.90 Å². The SMILES string of the molecule is CC(C)C1CCN(c2nc(NN)ncc2Cl)C1. The fraction of sp³-hybridized carbons (Fsp3) is 0.636. The number of nitrogen functional groups attached to an aromatic ring is 1. The monoisotopic (exact) mass is 255 g/mol. The Kier molecular flexibility index (Phi) is 3.69. The lowest BCUT2D eigenvalue weighted by atomic mass is 9.95. The lowest BCUT2D eigenvalue weighted by molar-refractivity contribution is 0.422. The van der Waals surface area contributed by atoms with Gasteiger partial charge in [-0.1, -0.05) is 25.4 Å². The Morgan fingerprint density at radius 2 is 2.35 bits per heavy atom. The molecule has 1 atom stereocenters. The van der Waals surface area contributed by atoms with Gasteiger partial charge in [-0.15, -0.1) is 0 Å². The van der Waals surface area contributed by atoms with Gasteiger partial charge in [0.05, 0.1) is 6.20 Å². The van der Waals surface area contributed by atoms with Gasteiger partial charge >= 0.3 is 0 Å². The molecule has 1 unspecified atom stereocenters. The Morgan fingerprint density at radius 1 is 1.59 bits per heavy atom. The van der Waals surface area contributed by atoms with Gasteiger partial charge in [0, 0.05) is 13.1 Å². The molecule has 94 valence electrons. The largest absolute Gasteiger partial charge is 0.355 e. The first-order chi connectivity index (χ1) is 8.11. The molecule has 17 heavy (non-hydrogen) atoms. The third-order valence-electron chi connectivity index (χ3n) is 3.32. The highest BCUT2D eigenvalue weighted by Crippen LogP contribution is 2.31. The highest BCUT2D eigenvalue weighted by atomic mass is 35.5. The molecule has 0 aromatic carbocycles. The van der Waals surface area contributed by atoms with E-state index in [2.05, 4.69) is 34.1 Å². The van der Waals surface area contributed by atoms with Crippen LogP contribution in [0.2, 0.25) is 5.02 Å². The molecule has 0 bridgehead atoms. The van der Waals surface area contributed by atoms with Gasteiger partial charge in [-0.3, -0.25) is 5.43 Å². The molecule has 0 amide bonds. The summed E-state index contributed by atoms with van der Waals surface area (Å²) in [4.78, 5) is 10.5. The zero-order valence-corrected chi connectivity index (χ0v) is 10.9. The maximum atomic E-state index is 6.13. The summed E-state index contributed by atoms with van der Waals surface area (Å²) in [6, 6.07) is 0. The molecule has 1 fully saturated rings. The Bertz CT molecular complexity index is 395. The zero-order chi connectivity index (χ0) is 12.4. The number of halogens is 1. The standard InChI is InChI=1S/C11H18ClN5/c1-7(2)8-3-4-17(6-8)10-9(12)5-14-11(15-10)16-13/h5,7-8H,3-4,6,13H2,1-2H3,(H,14,15,16). The van der Waals surface area contributed by atoms with Gasteiger partial charge in [0.2, 0.25) is 5.95 Å². The van der Waals surface area contributed by atoms with Crippen molar-refractivity contribution in [2.24, 2.45) is 17.7 Å². The van der Waals surface area contributed by atoms with Crippen LogP contribution >= 0.6 is 11.6 Å². The molecule has 0 saturated carbocycles. The number of hydrogen-bond donors (Lipinski definition) is 2. The number of anilines is 2. The van der Waals surface area contributed by atoms with E-state index in [4.69, 9.17) is 17.4 Å². The van der Waals surface area contributed by atoms with Crippen molar-refractivity contribution in [2.75, 3.05) is 23.4 Å². The van der Waals surface area contributed by atoms with Crippen LogP contribution in [0.15, 0.2) is 6.20 Å². The number of aromatic nitrogens is 2. The lowest BCUT2D eigenvalue weighted by Crippen LogP contribution is -2.23. The van der Waals surface area contributed by atoms with E-state index in [1.807, 2.05) is 0 Å². The normalized spacial score (nSPS) is 20.1. The summed E-state index contributed by atoms with van der Waals surface area (Å²) in [5, 5.41) is 0.577. The first kappa shape index (κ1) is 12.4. The Hall–Kier alpha value is -1.07. The van der Waals surface area contributed by atoms with Crippen molar-refractivity contribution in [1.29, 1.82) is 0 Å². The number of rotatable bonds is 3. The summed E-state index contributed by atoms with van der Waals surface area (Å²) >= 11 is 6.13. The van der Waals surface area contributed by atoms with E-state index < -0.39 is 0 Å². The molecule has 2 heterocycles. The predicted octanol–water partition coefficient (Wildman–Crippen LogP) is 1.90. The molecule has 1 saturated heterocycles. The predicted molar refractivity (Wildman–Crippen MR) is 70.0 cm³/mol. The lowest BCUT2D eigenvalue weighted by Gasteiger charge is -2.20. The Balaban J connectivity index is 2.18. The van der Waals surface area contributed by atoms with Crippen LogP contribution < -0.4 is 16.2 Å². The maximum Gasteiger partial charge on any atom is 0.239 e. The van der Waals surface area contributed by atoms with Gasteiger partial charge in [0.15, 0.2) is 5.82 Å². The van der Waals surface area contributed by atoms with Crippen molar-refractivity contribution in [1.82, 2.24) is 9.97 Å². The van der Waals surface area contributed by atoms with Crippen molar-refractivity contribution in [3.63, 3.8) is 0 Å². The molecule has 1 aromatic rings. The molecular weight excluding hydrogens is 238 g/mol. The van der Waals surface area contributed by atoms with Crippen molar-refractivity contribution >= 4 is 23.4 Å². The van der Waals surface area contributed by atoms with Crippen molar-refractivity contribution in [2.45, 2.75) is 20.3 Å².